The Bertz CT molecular complexity index is 450. The van der Waals surface area contributed by atoms with Crippen LogP contribution in [0.1, 0.15) is 44.1 Å². The lowest BCUT2D eigenvalue weighted by Gasteiger charge is -2.38. The average molecular weight is 250 g/mol. The van der Waals surface area contributed by atoms with Gasteiger partial charge in [-0.15, -0.1) is 0 Å². The number of likely N-dealkylation sites (tertiary alicyclic amines) is 1. The van der Waals surface area contributed by atoms with E-state index in [1.807, 2.05) is 11.8 Å². The largest absolute Gasteiger partial charge is 0.396 e. The summed E-state index contributed by atoms with van der Waals surface area (Å²) in [6.45, 7) is 8.63. The fourth-order valence-electron chi connectivity index (χ4n) is 2.62. The van der Waals surface area contributed by atoms with Crippen molar-refractivity contribution < 1.29 is 4.79 Å². The number of nitrogens with two attached hydrogens (primary N) is 1. The van der Waals surface area contributed by atoms with Gasteiger partial charge in [0.25, 0.3) is 5.91 Å². The van der Waals surface area contributed by atoms with E-state index < -0.39 is 0 Å². The Morgan fingerprint density at radius 1 is 1.56 bits per heavy atom. The number of hydrogen-bond acceptors (Lipinski definition) is 3. The Morgan fingerprint density at radius 3 is 2.89 bits per heavy atom. The summed E-state index contributed by atoms with van der Waals surface area (Å²) in [5.74, 6) is 0.0135. The quantitative estimate of drug-likeness (QED) is 0.869. The molecule has 1 aliphatic rings. The number of aromatic nitrogens is 2. The van der Waals surface area contributed by atoms with Crippen LogP contribution in [0.2, 0.25) is 0 Å². The summed E-state index contributed by atoms with van der Waals surface area (Å²) in [6, 6.07) is 0. The molecule has 1 aromatic heterocycles. The van der Waals surface area contributed by atoms with Gasteiger partial charge in [-0.1, -0.05) is 13.8 Å². The van der Waals surface area contributed by atoms with Gasteiger partial charge in [0.15, 0.2) is 0 Å². The molecule has 0 radical (unpaired) electrons. The van der Waals surface area contributed by atoms with Crippen molar-refractivity contribution in [3.8, 4) is 0 Å². The Labute approximate surface area is 108 Å². The van der Waals surface area contributed by atoms with Gasteiger partial charge in [-0.25, -0.2) is 0 Å². The van der Waals surface area contributed by atoms with Crippen molar-refractivity contribution in [2.24, 2.45) is 5.41 Å². The van der Waals surface area contributed by atoms with Crippen molar-refractivity contribution in [1.29, 1.82) is 0 Å². The third-order valence-corrected chi connectivity index (χ3v) is 3.56. The molecular formula is C13H22N4O. The zero-order valence-corrected chi connectivity index (χ0v) is 11.4. The van der Waals surface area contributed by atoms with E-state index in [4.69, 9.17) is 5.73 Å². The third-order valence-electron chi connectivity index (χ3n) is 3.56. The van der Waals surface area contributed by atoms with Gasteiger partial charge in [-0.05, 0) is 25.2 Å². The second kappa shape index (κ2) is 4.63. The number of hydrogen-bond donors (Lipinski definition) is 1. The normalized spacial score (nSPS) is 18.9. The van der Waals surface area contributed by atoms with Gasteiger partial charge in [0.05, 0.1) is 11.9 Å². The Kier molecular flexibility index (Phi) is 3.32. The summed E-state index contributed by atoms with van der Waals surface area (Å²) in [4.78, 5) is 14.4. The van der Waals surface area contributed by atoms with Crippen LogP contribution in [0.3, 0.4) is 0 Å². The van der Waals surface area contributed by atoms with E-state index in [-0.39, 0.29) is 11.3 Å². The van der Waals surface area contributed by atoms with Crippen molar-refractivity contribution >= 4 is 11.6 Å². The summed E-state index contributed by atoms with van der Waals surface area (Å²) in [7, 11) is 0. The summed E-state index contributed by atoms with van der Waals surface area (Å²) < 4.78 is 1.68. The predicted molar refractivity (Wildman–Crippen MR) is 71.2 cm³/mol. The van der Waals surface area contributed by atoms with Crippen LogP contribution in [-0.2, 0) is 6.54 Å². The Hall–Kier alpha value is -1.52. The fraction of sp³-hybridized carbons (Fsp3) is 0.692. The number of rotatable bonds is 2. The molecule has 0 atom stereocenters. The van der Waals surface area contributed by atoms with Crippen LogP contribution in [0, 0.1) is 5.41 Å². The topological polar surface area (TPSA) is 64.2 Å². The van der Waals surface area contributed by atoms with E-state index >= 15 is 0 Å². The molecule has 1 saturated heterocycles. The minimum absolute atomic E-state index is 0.0135. The van der Waals surface area contributed by atoms with Gasteiger partial charge in [-0.3, -0.25) is 9.48 Å². The third kappa shape index (κ3) is 2.35. The highest BCUT2D eigenvalue weighted by Crippen LogP contribution is 2.29. The first kappa shape index (κ1) is 12.9. The lowest BCUT2D eigenvalue weighted by atomic mass is 9.84. The van der Waals surface area contributed by atoms with Crippen molar-refractivity contribution in [1.82, 2.24) is 14.7 Å². The number of carbonyl (C=O) groups is 1. The highest BCUT2D eigenvalue weighted by Gasteiger charge is 2.31. The molecule has 1 aliphatic heterocycles. The molecule has 0 bridgehead atoms. The van der Waals surface area contributed by atoms with Crippen molar-refractivity contribution in [2.45, 2.75) is 40.2 Å². The molecule has 2 N–H and O–H groups in total. The molecule has 0 aliphatic carbocycles. The van der Waals surface area contributed by atoms with Gasteiger partial charge in [0.1, 0.15) is 5.69 Å². The zero-order valence-electron chi connectivity index (χ0n) is 11.4. The second-order valence-electron chi connectivity index (χ2n) is 5.76. The van der Waals surface area contributed by atoms with Crippen molar-refractivity contribution in [3.05, 3.63) is 11.9 Å². The fourth-order valence-corrected chi connectivity index (χ4v) is 2.62. The molecule has 5 nitrogen and oxygen atoms in total. The monoisotopic (exact) mass is 250 g/mol. The minimum Gasteiger partial charge on any atom is -0.396 e. The van der Waals surface area contributed by atoms with Crippen molar-refractivity contribution in [2.75, 3.05) is 18.8 Å². The molecule has 18 heavy (non-hydrogen) atoms. The van der Waals surface area contributed by atoms with Crippen LogP contribution in [-0.4, -0.2) is 33.7 Å². The highest BCUT2D eigenvalue weighted by atomic mass is 16.2. The molecule has 100 valence electrons. The number of aryl methyl sites for hydroxylation is 1. The van der Waals surface area contributed by atoms with Crippen molar-refractivity contribution in [3.63, 3.8) is 0 Å². The van der Waals surface area contributed by atoms with Gasteiger partial charge in [-0.2, -0.15) is 5.10 Å². The van der Waals surface area contributed by atoms with Crippen LogP contribution < -0.4 is 5.73 Å². The first-order valence-electron chi connectivity index (χ1n) is 6.55. The van der Waals surface area contributed by atoms with Crippen LogP contribution in [0.25, 0.3) is 0 Å². The van der Waals surface area contributed by atoms with Gasteiger partial charge in [0.2, 0.25) is 0 Å². The maximum absolute atomic E-state index is 12.5. The van der Waals surface area contributed by atoms with Gasteiger partial charge < -0.3 is 10.6 Å². The maximum Gasteiger partial charge on any atom is 0.274 e. The first-order valence-corrected chi connectivity index (χ1v) is 6.55. The maximum atomic E-state index is 12.5. The Morgan fingerprint density at radius 2 is 2.28 bits per heavy atom. The average Bonchev–Trinajstić information content (AvgIpc) is 2.68. The molecular weight excluding hydrogens is 228 g/mol. The lowest BCUT2D eigenvalue weighted by molar-refractivity contribution is 0.0572. The van der Waals surface area contributed by atoms with E-state index in [1.54, 1.807) is 10.9 Å². The predicted octanol–water partition coefficient (Wildman–Crippen LogP) is 1.75. The molecule has 2 heterocycles. The standard InChI is InChI=1S/C13H22N4O/c1-4-17-11(10(14)8-15-17)12(18)16-7-5-6-13(2,3)9-16/h8H,4-7,9,14H2,1-3H3. The van der Waals surface area contributed by atoms with E-state index in [9.17, 15) is 4.79 Å². The summed E-state index contributed by atoms with van der Waals surface area (Å²) in [5.41, 5.74) is 7.07. The number of carbonyl (C=O) groups excluding carboxylic acids is 1. The van der Waals surface area contributed by atoms with Gasteiger partial charge in [0, 0.05) is 19.6 Å². The summed E-state index contributed by atoms with van der Waals surface area (Å²) in [5, 5.41) is 4.13. The number of nitrogen functional groups attached to an aromatic ring is 1. The molecule has 1 fully saturated rings. The van der Waals surface area contributed by atoms with E-state index in [1.165, 1.54) is 6.42 Å². The van der Waals surface area contributed by atoms with Crippen LogP contribution in [0.15, 0.2) is 6.20 Å². The zero-order chi connectivity index (χ0) is 13.3. The van der Waals surface area contributed by atoms with Gasteiger partial charge >= 0.3 is 0 Å². The molecule has 0 spiro atoms. The van der Waals surface area contributed by atoms with Crippen LogP contribution in [0.5, 0.6) is 0 Å². The van der Waals surface area contributed by atoms with E-state index in [2.05, 4.69) is 18.9 Å². The number of amides is 1. The van der Waals surface area contributed by atoms with E-state index in [0.717, 1.165) is 19.5 Å². The van der Waals surface area contributed by atoms with E-state index in [0.29, 0.717) is 17.9 Å². The minimum atomic E-state index is 0.0135. The molecule has 0 saturated carbocycles. The SMILES string of the molecule is CCn1ncc(N)c1C(=O)N1CCCC(C)(C)C1. The Balaban J connectivity index is 2.23. The highest BCUT2D eigenvalue weighted by molar-refractivity contribution is 5.97. The molecule has 0 aromatic carbocycles. The van der Waals surface area contributed by atoms with Crippen LogP contribution in [0.4, 0.5) is 5.69 Å². The lowest BCUT2D eigenvalue weighted by Crippen LogP contribution is -2.44. The molecule has 1 amide bonds. The number of nitrogens with zero attached hydrogens (tertiary/aromatic N) is 3. The second-order valence-corrected chi connectivity index (χ2v) is 5.76. The number of piperidine rings is 1. The summed E-state index contributed by atoms with van der Waals surface area (Å²) >= 11 is 0. The molecule has 0 unspecified atom stereocenters. The molecule has 1 aromatic rings. The van der Waals surface area contributed by atoms with Crippen LogP contribution >= 0.6 is 0 Å². The number of anilines is 1. The smallest absolute Gasteiger partial charge is 0.274 e. The molecule has 2 rings (SSSR count). The molecule has 5 heteroatoms. The summed E-state index contributed by atoms with van der Waals surface area (Å²) in [6.07, 6.45) is 3.78. The first-order chi connectivity index (χ1) is 8.44.